The third-order valence-corrected chi connectivity index (χ3v) is 5.64. The lowest BCUT2D eigenvalue weighted by Crippen LogP contribution is -2.20. The molecule has 4 aromatic rings. The lowest BCUT2D eigenvalue weighted by atomic mass is 10.0. The predicted octanol–water partition coefficient (Wildman–Crippen LogP) is 6.11. The number of aromatic nitrogens is 1. The van der Waals surface area contributed by atoms with Gasteiger partial charge in [-0.3, -0.25) is 10.1 Å². The van der Waals surface area contributed by atoms with Crippen LogP contribution >= 0.6 is 11.3 Å². The van der Waals surface area contributed by atoms with E-state index in [0.29, 0.717) is 10.9 Å². The number of hydrogen-bond acceptors (Lipinski definition) is 4. The average Bonchev–Trinajstić information content (AvgIpc) is 3.24. The standard InChI is InChI=1S/C25H22N2O2S/c1-17-8-13-22(14-18(17)2)29-15-24(28)27-25-26-23(16-30-25)21-11-9-20(10-12-21)19-6-4-3-5-7-19/h3-14,16H,15H2,1-2H3,(H,26,27,28). The predicted molar refractivity (Wildman–Crippen MR) is 123 cm³/mol. The number of hydrogen-bond donors (Lipinski definition) is 1. The van der Waals surface area contributed by atoms with Crippen molar-refractivity contribution < 1.29 is 9.53 Å². The fourth-order valence-corrected chi connectivity index (χ4v) is 3.77. The molecule has 0 atom stereocenters. The molecule has 30 heavy (non-hydrogen) atoms. The van der Waals surface area contributed by atoms with Gasteiger partial charge in [-0.1, -0.05) is 60.7 Å². The Hall–Kier alpha value is -3.44. The van der Waals surface area contributed by atoms with E-state index in [0.717, 1.165) is 22.4 Å². The highest BCUT2D eigenvalue weighted by atomic mass is 32.1. The zero-order valence-corrected chi connectivity index (χ0v) is 17.7. The molecule has 0 unspecified atom stereocenters. The van der Waals surface area contributed by atoms with Gasteiger partial charge >= 0.3 is 0 Å². The Bertz CT molecular complexity index is 1150. The zero-order chi connectivity index (χ0) is 20.9. The minimum absolute atomic E-state index is 0.0524. The molecule has 1 amide bonds. The van der Waals surface area contributed by atoms with E-state index in [1.165, 1.54) is 22.5 Å². The SMILES string of the molecule is Cc1ccc(OCC(=O)Nc2nc(-c3ccc(-c4ccccc4)cc3)cs2)cc1C. The van der Waals surface area contributed by atoms with Gasteiger partial charge in [-0.25, -0.2) is 4.98 Å². The van der Waals surface area contributed by atoms with E-state index < -0.39 is 0 Å². The molecule has 1 heterocycles. The topological polar surface area (TPSA) is 51.2 Å². The fraction of sp³-hybridized carbons (Fsp3) is 0.120. The Morgan fingerprint density at radius 2 is 1.60 bits per heavy atom. The molecule has 0 aliphatic carbocycles. The van der Waals surface area contributed by atoms with E-state index in [1.54, 1.807) is 0 Å². The highest BCUT2D eigenvalue weighted by molar-refractivity contribution is 7.14. The van der Waals surface area contributed by atoms with Crippen LogP contribution in [0.1, 0.15) is 11.1 Å². The molecule has 0 radical (unpaired) electrons. The van der Waals surface area contributed by atoms with Crippen LogP contribution in [0.15, 0.2) is 78.2 Å². The van der Waals surface area contributed by atoms with Crippen LogP contribution in [0, 0.1) is 13.8 Å². The Labute approximate surface area is 180 Å². The molecule has 1 N–H and O–H groups in total. The number of ether oxygens (including phenoxy) is 1. The van der Waals surface area contributed by atoms with Crippen molar-refractivity contribution >= 4 is 22.4 Å². The van der Waals surface area contributed by atoms with Gasteiger partial charge in [0.25, 0.3) is 5.91 Å². The summed E-state index contributed by atoms with van der Waals surface area (Å²) in [6.45, 7) is 4.01. The summed E-state index contributed by atoms with van der Waals surface area (Å²) < 4.78 is 5.59. The number of anilines is 1. The lowest BCUT2D eigenvalue weighted by molar-refractivity contribution is -0.118. The molecule has 4 nitrogen and oxygen atoms in total. The first-order valence-electron chi connectivity index (χ1n) is 9.70. The number of aryl methyl sites for hydroxylation is 2. The van der Waals surface area contributed by atoms with Gasteiger partial charge in [-0.15, -0.1) is 11.3 Å². The molecule has 0 fully saturated rings. The van der Waals surface area contributed by atoms with Gasteiger partial charge in [-0.2, -0.15) is 0 Å². The van der Waals surface area contributed by atoms with E-state index >= 15 is 0 Å². The van der Waals surface area contributed by atoms with Gasteiger partial charge in [0, 0.05) is 10.9 Å². The summed E-state index contributed by atoms with van der Waals surface area (Å²) in [7, 11) is 0. The summed E-state index contributed by atoms with van der Waals surface area (Å²) in [5.74, 6) is 0.458. The maximum absolute atomic E-state index is 12.2. The first-order valence-corrected chi connectivity index (χ1v) is 10.6. The van der Waals surface area contributed by atoms with Crippen LogP contribution in [0.4, 0.5) is 5.13 Å². The van der Waals surface area contributed by atoms with Gasteiger partial charge < -0.3 is 4.74 Å². The summed E-state index contributed by atoms with van der Waals surface area (Å²) >= 11 is 1.40. The highest BCUT2D eigenvalue weighted by Gasteiger charge is 2.09. The maximum Gasteiger partial charge on any atom is 0.264 e. The minimum Gasteiger partial charge on any atom is -0.484 e. The lowest BCUT2D eigenvalue weighted by Gasteiger charge is -2.08. The maximum atomic E-state index is 12.2. The number of nitrogens with zero attached hydrogens (tertiary/aromatic N) is 1. The van der Waals surface area contributed by atoms with Crippen LogP contribution in [-0.4, -0.2) is 17.5 Å². The van der Waals surface area contributed by atoms with Gasteiger partial charge in [0.1, 0.15) is 5.75 Å². The van der Waals surface area contributed by atoms with Crippen molar-refractivity contribution in [3.05, 3.63) is 89.3 Å². The van der Waals surface area contributed by atoms with Gasteiger partial charge in [0.2, 0.25) is 0 Å². The number of amides is 1. The largest absolute Gasteiger partial charge is 0.484 e. The summed E-state index contributed by atoms with van der Waals surface area (Å²) in [4.78, 5) is 16.8. The monoisotopic (exact) mass is 414 g/mol. The number of benzene rings is 3. The average molecular weight is 415 g/mol. The number of nitrogens with one attached hydrogen (secondary N) is 1. The molecule has 0 aliphatic heterocycles. The van der Waals surface area contributed by atoms with Crippen molar-refractivity contribution in [1.29, 1.82) is 0 Å². The third kappa shape index (κ3) is 4.75. The Balaban J connectivity index is 1.36. The molecule has 4 rings (SSSR count). The van der Waals surface area contributed by atoms with Crippen molar-refractivity contribution in [2.24, 2.45) is 0 Å². The van der Waals surface area contributed by atoms with Crippen LogP contribution in [0.3, 0.4) is 0 Å². The Kier molecular flexibility index (Phi) is 5.91. The second-order valence-electron chi connectivity index (χ2n) is 7.06. The van der Waals surface area contributed by atoms with Gasteiger partial charge in [0.15, 0.2) is 11.7 Å². The number of carbonyl (C=O) groups excluding carboxylic acids is 1. The fourth-order valence-electron chi connectivity index (χ4n) is 3.04. The molecular weight excluding hydrogens is 392 g/mol. The van der Waals surface area contributed by atoms with Crippen LogP contribution < -0.4 is 10.1 Å². The number of carbonyl (C=O) groups is 1. The van der Waals surface area contributed by atoms with Crippen molar-refractivity contribution in [2.75, 3.05) is 11.9 Å². The van der Waals surface area contributed by atoms with Crippen LogP contribution in [-0.2, 0) is 4.79 Å². The molecule has 0 spiro atoms. The normalized spacial score (nSPS) is 10.6. The summed E-state index contributed by atoms with van der Waals surface area (Å²) in [6, 6.07) is 24.3. The van der Waals surface area contributed by atoms with Crippen molar-refractivity contribution in [3.63, 3.8) is 0 Å². The Morgan fingerprint density at radius 3 is 2.33 bits per heavy atom. The first-order chi connectivity index (χ1) is 14.6. The van der Waals surface area contributed by atoms with Crippen molar-refractivity contribution in [2.45, 2.75) is 13.8 Å². The summed E-state index contributed by atoms with van der Waals surface area (Å²) in [6.07, 6.45) is 0. The minimum atomic E-state index is -0.228. The molecule has 0 bridgehead atoms. The van der Waals surface area contributed by atoms with Crippen molar-refractivity contribution in [1.82, 2.24) is 4.98 Å². The quantitative estimate of drug-likeness (QED) is 0.414. The van der Waals surface area contributed by atoms with E-state index in [4.69, 9.17) is 4.74 Å². The van der Waals surface area contributed by atoms with E-state index in [1.807, 2.05) is 67.8 Å². The van der Waals surface area contributed by atoms with Crippen molar-refractivity contribution in [3.8, 4) is 28.1 Å². The summed E-state index contributed by atoms with van der Waals surface area (Å²) in [5.41, 5.74) is 6.52. The van der Waals surface area contributed by atoms with Crippen LogP contribution in [0.5, 0.6) is 5.75 Å². The molecule has 0 aliphatic rings. The molecule has 0 saturated carbocycles. The molecule has 0 saturated heterocycles. The summed E-state index contributed by atoms with van der Waals surface area (Å²) in [5, 5.41) is 5.31. The molecule has 150 valence electrons. The van der Waals surface area contributed by atoms with E-state index in [-0.39, 0.29) is 12.5 Å². The second kappa shape index (κ2) is 8.93. The highest BCUT2D eigenvalue weighted by Crippen LogP contribution is 2.27. The number of thiazole rings is 1. The van der Waals surface area contributed by atoms with E-state index in [9.17, 15) is 4.79 Å². The second-order valence-corrected chi connectivity index (χ2v) is 7.92. The molecule has 1 aromatic heterocycles. The van der Waals surface area contributed by atoms with E-state index in [2.05, 4.69) is 34.6 Å². The molecular formula is C25H22N2O2S. The molecule has 5 heteroatoms. The van der Waals surface area contributed by atoms with Gasteiger partial charge in [-0.05, 0) is 48.2 Å². The number of rotatable bonds is 6. The van der Waals surface area contributed by atoms with Gasteiger partial charge in [0.05, 0.1) is 5.69 Å². The first kappa shape index (κ1) is 19.9. The third-order valence-electron chi connectivity index (χ3n) is 4.89. The molecule has 3 aromatic carbocycles. The Morgan fingerprint density at radius 1 is 0.900 bits per heavy atom. The zero-order valence-electron chi connectivity index (χ0n) is 16.9. The van der Waals surface area contributed by atoms with Crippen LogP contribution in [0.25, 0.3) is 22.4 Å². The smallest absolute Gasteiger partial charge is 0.264 e. The van der Waals surface area contributed by atoms with Crippen LogP contribution in [0.2, 0.25) is 0 Å².